The molecule has 0 N–H and O–H groups in total. The Labute approximate surface area is 212 Å². The van der Waals surface area contributed by atoms with E-state index in [1.54, 1.807) is 60.5 Å². The summed E-state index contributed by atoms with van der Waals surface area (Å²) >= 11 is 0. The number of sulfonamides is 1. The highest BCUT2D eigenvalue weighted by Crippen LogP contribution is 2.33. The van der Waals surface area contributed by atoms with Crippen molar-refractivity contribution in [3.63, 3.8) is 0 Å². The van der Waals surface area contributed by atoms with Crippen molar-refractivity contribution in [3.05, 3.63) is 78.4 Å². The van der Waals surface area contributed by atoms with Crippen molar-refractivity contribution < 1.29 is 22.7 Å². The summed E-state index contributed by atoms with van der Waals surface area (Å²) in [6, 6.07) is 21.2. The van der Waals surface area contributed by atoms with E-state index >= 15 is 0 Å². The van der Waals surface area contributed by atoms with E-state index in [1.165, 1.54) is 7.11 Å². The number of hydrogen-bond acceptors (Lipinski definition) is 6. The van der Waals surface area contributed by atoms with Gasteiger partial charge in [-0.2, -0.15) is 0 Å². The zero-order chi connectivity index (χ0) is 25.7. The predicted octanol–water partition coefficient (Wildman–Crippen LogP) is 3.56. The number of nitrogens with zero attached hydrogens (tertiary/aromatic N) is 3. The van der Waals surface area contributed by atoms with Gasteiger partial charge in [-0.25, -0.2) is 8.42 Å². The second-order valence-electron chi connectivity index (χ2n) is 8.54. The lowest BCUT2D eigenvalue weighted by atomic mass is 10.2. The Morgan fingerprint density at radius 3 is 2.06 bits per heavy atom. The van der Waals surface area contributed by atoms with E-state index in [-0.39, 0.29) is 17.3 Å². The molecule has 0 spiro atoms. The number of carbonyl (C=O) groups is 1. The minimum absolute atomic E-state index is 0.118. The lowest BCUT2D eigenvalue weighted by Crippen LogP contribution is -2.52. The maximum Gasteiger partial charge on any atom is 0.264 e. The van der Waals surface area contributed by atoms with E-state index in [4.69, 9.17) is 9.47 Å². The topological polar surface area (TPSA) is 79.4 Å². The van der Waals surface area contributed by atoms with Crippen LogP contribution >= 0.6 is 0 Å². The van der Waals surface area contributed by atoms with E-state index in [1.807, 2.05) is 31.2 Å². The molecule has 1 heterocycles. The van der Waals surface area contributed by atoms with Crippen LogP contribution in [0.15, 0.2) is 77.7 Å². The second kappa shape index (κ2) is 10.9. The molecule has 4 rings (SSSR count). The first kappa shape index (κ1) is 25.4. The maximum atomic E-state index is 13.7. The fourth-order valence-electron chi connectivity index (χ4n) is 4.28. The van der Waals surface area contributed by atoms with Crippen LogP contribution in [0, 0.1) is 6.92 Å². The molecule has 0 saturated carbocycles. The summed E-state index contributed by atoms with van der Waals surface area (Å²) in [6.07, 6.45) is 0. The molecule has 1 fully saturated rings. The van der Waals surface area contributed by atoms with Crippen LogP contribution in [0.2, 0.25) is 0 Å². The van der Waals surface area contributed by atoms with Gasteiger partial charge >= 0.3 is 0 Å². The van der Waals surface area contributed by atoms with E-state index in [9.17, 15) is 13.2 Å². The number of amides is 1. The van der Waals surface area contributed by atoms with Gasteiger partial charge in [0.2, 0.25) is 5.91 Å². The molecule has 0 aromatic heterocycles. The third-order valence-corrected chi connectivity index (χ3v) is 8.07. The van der Waals surface area contributed by atoms with Crippen molar-refractivity contribution >= 4 is 27.3 Å². The molecule has 3 aromatic carbocycles. The van der Waals surface area contributed by atoms with Gasteiger partial charge in [-0.3, -0.25) is 9.10 Å². The standard InChI is InChI=1S/C27H31N3O5S/c1-21-12-14-22(15-13-21)36(32,33)30(24-9-5-7-11-26(24)35-3)20-27(31)29-18-16-28(17-19-29)23-8-4-6-10-25(23)34-2/h4-15H,16-20H2,1-3H3. The van der Waals surface area contributed by atoms with Crippen LogP contribution in [0.5, 0.6) is 11.5 Å². The molecule has 0 bridgehead atoms. The maximum absolute atomic E-state index is 13.7. The Morgan fingerprint density at radius 1 is 0.833 bits per heavy atom. The summed E-state index contributed by atoms with van der Waals surface area (Å²) in [5.74, 6) is 0.891. The molecule has 190 valence electrons. The number of carbonyl (C=O) groups excluding carboxylic acids is 1. The number of aryl methyl sites for hydroxylation is 1. The molecule has 3 aromatic rings. The Bertz CT molecular complexity index is 1300. The molecule has 1 saturated heterocycles. The van der Waals surface area contributed by atoms with Crippen molar-refractivity contribution in [1.29, 1.82) is 0 Å². The number of rotatable bonds is 8. The molecule has 8 nitrogen and oxygen atoms in total. The molecule has 1 amide bonds. The summed E-state index contributed by atoms with van der Waals surface area (Å²) in [6.45, 7) is 3.74. The van der Waals surface area contributed by atoms with Crippen molar-refractivity contribution in [1.82, 2.24) is 4.90 Å². The van der Waals surface area contributed by atoms with E-state index in [0.717, 1.165) is 21.3 Å². The van der Waals surface area contributed by atoms with Crippen LogP contribution in [-0.4, -0.2) is 66.2 Å². The molecule has 0 atom stereocenters. The van der Waals surface area contributed by atoms with Crippen LogP contribution in [-0.2, 0) is 14.8 Å². The van der Waals surface area contributed by atoms with Gasteiger partial charge in [-0.15, -0.1) is 0 Å². The third kappa shape index (κ3) is 5.26. The van der Waals surface area contributed by atoms with Gasteiger partial charge in [-0.05, 0) is 43.3 Å². The molecular formula is C27H31N3O5S. The fraction of sp³-hybridized carbons (Fsp3) is 0.296. The lowest BCUT2D eigenvalue weighted by molar-refractivity contribution is -0.129. The molecule has 0 radical (unpaired) electrons. The molecular weight excluding hydrogens is 478 g/mol. The lowest BCUT2D eigenvalue weighted by Gasteiger charge is -2.37. The number of piperazine rings is 1. The Morgan fingerprint density at radius 2 is 1.42 bits per heavy atom. The predicted molar refractivity (Wildman–Crippen MR) is 140 cm³/mol. The summed E-state index contributed by atoms with van der Waals surface area (Å²) in [5.41, 5.74) is 2.24. The van der Waals surface area contributed by atoms with Gasteiger partial charge in [0, 0.05) is 26.2 Å². The smallest absolute Gasteiger partial charge is 0.264 e. The van der Waals surface area contributed by atoms with Gasteiger partial charge in [-0.1, -0.05) is 42.0 Å². The minimum atomic E-state index is -4.02. The highest BCUT2D eigenvalue weighted by molar-refractivity contribution is 7.92. The zero-order valence-electron chi connectivity index (χ0n) is 20.8. The average molecular weight is 510 g/mol. The Kier molecular flexibility index (Phi) is 7.69. The van der Waals surface area contributed by atoms with Crippen LogP contribution < -0.4 is 18.7 Å². The van der Waals surface area contributed by atoms with Crippen LogP contribution in [0.3, 0.4) is 0 Å². The van der Waals surface area contributed by atoms with Gasteiger partial charge in [0.1, 0.15) is 18.0 Å². The first-order valence-corrected chi connectivity index (χ1v) is 13.2. The number of para-hydroxylation sites is 4. The normalized spacial score (nSPS) is 13.9. The van der Waals surface area contributed by atoms with Gasteiger partial charge < -0.3 is 19.3 Å². The van der Waals surface area contributed by atoms with Crippen molar-refractivity contribution in [2.45, 2.75) is 11.8 Å². The van der Waals surface area contributed by atoms with Gasteiger partial charge in [0.15, 0.2) is 0 Å². The zero-order valence-corrected chi connectivity index (χ0v) is 21.6. The number of anilines is 2. The highest BCUT2D eigenvalue weighted by atomic mass is 32.2. The number of benzene rings is 3. The van der Waals surface area contributed by atoms with E-state index in [0.29, 0.717) is 37.6 Å². The minimum Gasteiger partial charge on any atom is -0.495 e. The fourth-order valence-corrected chi connectivity index (χ4v) is 5.71. The Hall–Kier alpha value is -3.72. The third-order valence-electron chi connectivity index (χ3n) is 6.30. The molecule has 0 aliphatic carbocycles. The first-order chi connectivity index (χ1) is 17.3. The monoisotopic (exact) mass is 509 g/mol. The molecule has 1 aliphatic heterocycles. The average Bonchev–Trinajstić information content (AvgIpc) is 2.91. The number of hydrogen-bond donors (Lipinski definition) is 0. The van der Waals surface area contributed by atoms with E-state index in [2.05, 4.69) is 4.90 Å². The molecule has 36 heavy (non-hydrogen) atoms. The van der Waals surface area contributed by atoms with Gasteiger partial charge in [0.05, 0.1) is 30.5 Å². The van der Waals surface area contributed by atoms with Crippen LogP contribution in [0.1, 0.15) is 5.56 Å². The van der Waals surface area contributed by atoms with Crippen molar-refractivity contribution in [2.75, 3.05) is 56.1 Å². The van der Waals surface area contributed by atoms with Gasteiger partial charge in [0.25, 0.3) is 10.0 Å². The summed E-state index contributed by atoms with van der Waals surface area (Å²) in [7, 11) is -0.902. The summed E-state index contributed by atoms with van der Waals surface area (Å²) in [4.78, 5) is 17.4. The SMILES string of the molecule is COc1ccccc1N1CCN(C(=O)CN(c2ccccc2OC)S(=O)(=O)c2ccc(C)cc2)CC1. The highest BCUT2D eigenvalue weighted by Gasteiger charge is 2.32. The second-order valence-corrected chi connectivity index (χ2v) is 10.4. The van der Waals surface area contributed by atoms with Crippen molar-refractivity contribution in [3.8, 4) is 11.5 Å². The molecule has 9 heteroatoms. The number of methoxy groups -OCH3 is 2. The molecule has 0 unspecified atom stereocenters. The summed E-state index contributed by atoms with van der Waals surface area (Å²) in [5, 5.41) is 0. The van der Waals surface area contributed by atoms with E-state index < -0.39 is 10.0 Å². The first-order valence-electron chi connectivity index (χ1n) is 11.7. The largest absolute Gasteiger partial charge is 0.495 e. The summed E-state index contributed by atoms with van der Waals surface area (Å²) < 4.78 is 39.5. The Balaban J connectivity index is 1.57. The quantitative estimate of drug-likeness (QED) is 0.462. The van der Waals surface area contributed by atoms with Crippen LogP contribution in [0.25, 0.3) is 0 Å². The van der Waals surface area contributed by atoms with Crippen LogP contribution in [0.4, 0.5) is 11.4 Å². The number of ether oxygens (including phenoxy) is 2. The molecule has 1 aliphatic rings. The van der Waals surface area contributed by atoms with Crippen molar-refractivity contribution in [2.24, 2.45) is 0 Å².